The molecule has 0 saturated heterocycles. The number of hydrogen-bond acceptors (Lipinski definition) is 3. The van der Waals surface area contributed by atoms with Gasteiger partial charge < -0.3 is 10.1 Å². The van der Waals surface area contributed by atoms with Gasteiger partial charge in [0.2, 0.25) is 5.91 Å². The van der Waals surface area contributed by atoms with Crippen molar-refractivity contribution in [3.05, 3.63) is 82.3 Å². The smallest absolute Gasteiger partial charge is 0.246 e. The number of carbonyl (C=O) groups excluding carboxylic acids is 1. The molecule has 4 rings (SSSR count). The summed E-state index contributed by atoms with van der Waals surface area (Å²) in [7, 11) is 1.63. The van der Waals surface area contributed by atoms with Crippen LogP contribution < -0.4 is 10.1 Å². The number of aliphatic imine (C=N–C) groups is 1. The van der Waals surface area contributed by atoms with E-state index in [2.05, 4.69) is 26.2 Å². The van der Waals surface area contributed by atoms with E-state index in [1.807, 2.05) is 66.7 Å². The minimum Gasteiger partial charge on any atom is -0.496 e. The van der Waals surface area contributed by atoms with Crippen LogP contribution in [0.25, 0.3) is 11.1 Å². The highest BCUT2D eigenvalue weighted by Gasteiger charge is 2.21. The number of benzene rings is 3. The van der Waals surface area contributed by atoms with Gasteiger partial charge in [0.05, 0.1) is 18.5 Å². The van der Waals surface area contributed by atoms with Crippen LogP contribution in [-0.2, 0) is 4.79 Å². The Bertz CT molecular complexity index is 1050. The summed E-state index contributed by atoms with van der Waals surface area (Å²) in [6.45, 7) is 0.0828. The Morgan fingerprint density at radius 3 is 2.48 bits per heavy atom. The number of halogens is 1. The van der Waals surface area contributed by atoms with Gasteiger partial charge >= 0.3 is 0 Å². The predicted octanol–water partition coefficient (Wildman–Crippen LogP) is 4.91. The van der Waals surface area contributed by atoms with E-state index >= 15 is 0 Å². The largest absolute Gasteiger partial charge is 0.496 e. The summed E-state index contributed by atoms with van der Waals surface area (Å²) in [6, 6.07) is 21.9. The first-order valence-corrected chi connectivity index (χ1v) is 9.33. The molecule has 0 radical (unpaired) electrons. The summed E-state index contributed by atoms with van der Waals surface area (Å²) in [4.78, 5) is 16.8. The molecule has 1 N–H and O–H groups in total. The number of methoxy groups -OCH3 is 1. The minimum absolute atomic E-state index is 0.0828. The van der Waals surface area contributed by atoms with Gasteiger partial charge in [-0.1, -0.05) is 58.4 Å². The highest BCUT2D eigenvalue weighted by Crippen LogP contribution is 2.37. The van der Waals surface area contributed by atoms with Crippen molar-refractivity contribution in [2.75, 3.05) is 19.0 Å². The molecule has 5 heteroatoms. The molecule has 27 heavy (non-hydrogen) atoms. The summed E-state index contributed by atoms with van der Waals surface area (Å²) in [5.74, 6) is 0.562. The number of rotatable bonds is 3. The molecule has 0 aliphatic carbocycles. The standard InChI is InChI=1S/C22H17BrN2O2/c1-27-20-12-19-18(11-17(20)14-6-3-2-4-7-14)22(24-13-21(26)25-19)15-8-5-9-16(23)10-15/h2-12H,13H2,1H3,(H,25,26). The molecule has 0 saturated carbocycles. The van der Waals surface area contributed by atoms with Crippen molar-refractivity contribution in [2.45, 2.75) is 0 Å². The Morgan fingerprint density at radius 1 is 0.963 bits per heavy atom. The van der Waals surface area contributed by atoms with Gasteiger partial charge in [-0.2, -0.15) is 0 Å². The van der Waals surface area contributed by atoms with Gasteiger partial charge in [-0.15, -0.1) is 0 Å². The lowest BCUT2D eigenvalue weighted by molar-refractivity contribution is -0.114. The molecule has 4 nitrogen and oxygen atoms in total. The predicted molar refractivity (Wildman–Crippen MR) is 112 cm³/mol. The van der Waals surface area contributed by atoms with Crippen molar-refractivity contribution in [3.63, 3.8) is 0 Å². The summed E-state index contributed by atoms with van der Waals surface area (Å²) < 4.78 is 6.57. The normalized spacial score (nSPS) is 13.3. The van der Waals surface area contributed by atoms with Crippen molar-refractivity contribution in [1.29, 1.82) is 0 Å². The molecule has 1 amide bonds. The highest BCUT2D eigenvalue weighted by molar-refractivity contribution is 9.10. The number of hydrogen-bond donors (Lipinski definition) is 1. The van der Waals surface area contributed by atoms with Gasteiger partial charge in [0.15, 0.2) is 0 Å². The lowest BCUT2D eigenvalue weighted by atomic mass is 9.95. The third-order valence-corrected chi connectivity index (χ3v) is 4.93. The topological polar surface area (TPSA) is 50.7 Å². The maximum absolute atomic E-state index is 12.2. The third kappa shape index (κ3) is 3.51. The molecule has 3 aromatic rings. The number of anilines is 1. The van der Waals surface area contributed by atoms with Crippen LogP contribution in [0.2, 0.25) is 0 Å². The maximum Gasteiger partial charge on any atom is 0.246 e. The average Bonchev–Trinajstić information content (AvgIpc) is 2.85. The van der Waals surface area contributed by atoms with Crippen molar-refractivity contribution in [2.24, 2.45) is 4.99 Å². The Hall–Kier alpha value is -2.92. The number of fused-ring (bicyclic) bond motifs is 1. The Labute approximate surface area is 166 Å². The number of carbonyl (C=O) groups is 1. The highest BCUT2D eigenvalue weighted by atomic mass is 79.9. The summed E-state index contributed by atoms with van der Waals surface area (Å²) >= 11 is 3.52. The maximum atomic E-state index is 12.2. The number of nitrogens with one attached hydrogen (secondary N) is 1. The molecule has 1 aliphatic heterocycles. The molecular formula is C22H17BrN2O2. The van der Waals surface area contributed by atoms with Gasteiger partial charge in [0, 0.05) is 27.2 Å². The first-order valence-electron chi connectivity index (χ1n) is 8.54. The van der Waals surface area contributed by atoms with Crippen molar-refractivity contribution in [3.8, 4) is 16.9 Å². The fourth-order valence-electron chi connectivity index (χ4n) is 3.20. The lowest BCUT2D eigenvalue weighted by Gasteiger charge is -2.16. The van der Waals surface area contributed by atoms with Crippen LogP contribution in [0.3, 0.4) is 0 Å². The van der Waals surface area contributed by atoms with Crippen LogP contribution in [0.15, 0.2) is 76.2 Å². The van der Waals surface area contributed by atoms with Gasteiger partial charge in [-0.25, -0.2) is 0 Å². The minimum atomic E-state index is -0.143. The second kappa shape index (κ2) is 7.37. The molecule has 0 bridgehead atoms. The van der Waals surface area contributed by atoms with Crippen LogP contribution in [-0.4, -0.2) is 25.3 Å². The van der Waals surface area contributed by atoms with E-state index in [0.29, 0.717) is 11.4 Å². The second-order valence-electron chi connectivity index (χ2n) is 6.19. The zero-order valence-corrected chi connectivity index (χ0v) is 16.3. The van der Waals surface area contributed by atoms with Crippen LogP contribution in [0, 0.1) is 0 Å². The van der Waals surface area contributed by atoms with Crippen LogP contribution in [0.1, 0.15) is 11.1 Å². The van der Waals surface area contributed by atoms with Gasteiger partial charge in [0.25, 0.3) is 0 Å². The van der Waals surface area contributed by atoms with E-state index in [-0.39, 0.29) is 12.5 Å². The zero-order valence-electron chi connectivity index (χ0n) is 14.7. The lowest BCUT2D eigenvalue weighted by Crippen LogP contribution is -2.13. The molecule has 0 unspecified atom stereocenters. The zero-order chi connectivity index (χ0) is 18.8. The molecular weight excluding hydrogens is 404 g/mol. The van der Waals surface area contributed by atoms with Crippen molar-refractivity contribution >= 4 is 33.2 Å². The van der Waals surface area contributed by atoms with Crippen LogP contribution in [0.5, 0.6) is 5.75 Å². The van der Waals surface area contributed by atoms with E-state index in [9.17, 15) is 4.79 Å². The average molecular weight is 421 g/mol. The Balaban J connectivity index is 1.95. The molecule has 0 atom stereocenters. The van der Waals surface area contributed by atoms with Gasteiger partial charge in [0.1, 0.15) is 12.3 Å². The van der Waals surface area contributed by atoms with Crippen LogP contribution in [0.4, 0.5) is 5.69 Å². The molecule has 1 heterocycles. The van der Waals surface area contributed by atoms with Crippen molar-refractivity contribution in [1.82, 2.24) is 0 Å². The molecule has 1 aliphatic rings. The summed E-state index contributed by atoms with van der Waals surface area (Å²) in [5.41, 5.74) is 5.30. The number of ether oxygens (including phenoxy) is 1. The van der Waals surface area contributed by atoms with E-state index < -0.39 is 0 Å². The third-order valence-electron chi connectivity index (χ3n) is 4.43. The number of amides is 1. The SMILES string of the molecule is COc1cc2c(cc1-c1ccccc1)C(c1cccc(Br)c1)=NCC(=O)N2. The molecule has 134 valence electrons. The molecule has 0 fully saturated rings. The first-order chi connectivity index (χ1) is 13.2. The van der Waals surface area contributed by atoms with Crippen molar-refractivity contribution < 1.29 is 9.53 Å². The first kappa shape index (κ1) is 17.5. The fraction of sp³-hybridized carbons (Fsp3) is 0.0909. The van der Waals surface area contributed by atoms with E-state index in [1.165, 1.54) is 0 Å². The van der Waals surface area contributed by atoms with E-state index in [1.54, 1.807) is 7.11 Å². The van der Waals surface area contributed by atoms with Crippen LogP contribution >= 0.6 is 15.9 Å². The molecule has 3 aromatic carbocycles. The quantitative estimate of drug-likeness (QED) is 0.653. The summed E-state index contributed by atoms with van der Waals surface area (Å²) in [6.07, 6.45) is 0. The summed E-state index contributed by atoms with van der Waals surface area (Å²) in [5, 5.41) is 2.94. The fourth-order valence-corrected chi connectivity index (χ4v) is 3.60. The molecule has 0 aromatic heterocycles. The Morgan fingerprint density at radius 2 is 1.74 bits per heavy atom. The van der Waals surface area contributed by atoms with E-state index in [4.69, 9.17) is 4.74 Å². The second-order valence-corrected chi connectivity index (χ2v) is 7.10. The molecule has 0 spiro atoms. The van der Waals surface area contributed by atoms with Gasteiger partial charge in [-0.3, -0.25) is 9.79 Å². The monoisotopic (exact) mass is 420 g/mol. The number of benzodiazepines with no additional fused rings is 1. The van der Waals surface area contributed by atoms with Gasteiger partial charge in [-0.05, 0) is 23.8 Å². The van der Waals surface area contributed by atoms with E-state index in [0.717, 1.165) is 32.4 Å². The Kier molecular flexibility index (Phi) is 4.77. The number of nitrogens with zero attached hydrogens (tertiary/aromatic N) is 1.